The van der Waals surface area contributed by atoms with Gasteiger partial charge >= 0.3 is 5.97 Å². The first-order valence-electron chi connectivity index (χ1n) is 8.71. The lowest BCUT2D eigenvalue weighted by molar-refractivity contribution is -0.123. The Morgan fingerprint density at radius 3 is 2.55 bits per heavy atom. The quantitative estimate of drug-likeness (QED) is 0.460. The van der Waals surface area contributed by atoms with E-state index in [-0.39, 0.29) is 28.9 Å². The number of esters is 1. The predicted molar refractivity (Wildman–Crippen MR) is 102 cm³/mol. The Bertz CT molecular complexity index is 1030. The molecule has 3 rings (SSSR count). The van der Waals surface area contributed by atoms with Gasteiger partial charge in [-0.1, -0.05) is 18.2 Å². The van der Waals surface area contributed by atoms with Crippen LogP contribution in [-0.4, -0.2) is 41.2 Å². The first-order chi connectivity index (χ1) is 13.8. The molecule has 2 aromatic carbocycles. The highest BCUT2D eigenvalue weighted by Crippen LogP contribution is 2.24. The number of fused-ring (bicyclic) bond motifs is 1. The van der Waals surface area contributed by atoms with Crippen LogP contribution in [0.2, 0.25) is 0 Å². The molecule has 2 aromatic rings. The molecule has 1 N–H and O–H groups in total. The number of rotatable bonds is 6. The maximum Gasteiger partial charge on any atom is 0.338 e. The molecule has 0 bridgehead atoms. The van der Waals surface area contributed by atoms with E-state index in [1.807, 2.05) is 0 Å². The van der Waals surface area contributed by atoms with Gasteiger partial charge in [0.25, 0.3) is 17.7 Å². The van der Waals surface area contributed by atoms with Crippen molar-refractivity contribution in [1.29, 1.82) is 0 Å². The molecule has 0 spiro atoms. The normalized spacial score (nSPS) is 13.7. The Morgan fingerprint density at radius 1 is 1.17 bits per heavy atom. The van der Waals surface area contributed by atoms with Crippen molar-refractivity contribution >= 4 is 29.4 Å². The van der Waals surface area contributed by atoms with E-state index in [4.69, 9.17) is 4.74 Å². The van der Waals surface area contributed by atoms with Crippen molar-refractivity contribution in [3.05, 3.63) is 77.6 Å². The van der Waals surface area contributed by atoms with Crippen molar-refractivity contribution < 1.29 is 28.3 Å². The zero-order valence-corrected chi connectivity index (χ0v) is 15.5. The fraction of sp³-hybridized carbons (Fsp3) is 0.143. The van der Waals surface area contributed by atoms with Gasteiger partial charge in [-0.25, -0.2) is 9.18 Å². The minimum absolute atomic E-state index is 0.0101. The van der Waals surface area contributed by atoms with Gasteiger partial charge in [-0.3, -0.25) is 19.3 Å². The number of nitrogens with zero attached hydrogens (tertiary/aromatic N) is 1. The Balaban J connectivity index is 1.71. The Hall–Kier alpha value is -3.81. The molecule has 0 radical (unpaired) electrons. The van der Waals surface area contributed by atoms with E-state index in [0.29, 0.717) is 0 Å². The highest BCUT2D eigenvalue weighted by molar-refractivity contribution is 6.22. The van der Waals surface area contributed by atoms with E-state index >= 15 is 0 Å². The lowest BCUT2D eigenvalue weighted by atomic mass is 10.1. The largest absolute Gasteiger partial charge is 0.449 e. The summed E-state index contributed by atoms with van der Waals surface area (Å²) >= 11 is 0. The number of halogens is 1. The monoisotopic (exact) mass is 396 g/mol. The third-order valence-electron chi connectivity index (χ3n) is 4.30. The molecule has 148 valence electrons. The van der Waals surface area contributed by atoms with E-state index in [2.05, 4.69) is 11.9 Å². The Morgan fingerprint density at radius 2 is 1.86 bits per heavy atom. The number of carbonyl (C=O) groups excluding carboxylic acids is 4. The molecule has 7 nitrogen and oxygen atoms in total. The first-order valence-corrected chi connectivity index (χ1v) is 8.71. The second kappa shape index (κ2) is 8.05. The fourth-order valence-corrected chi connectivity index (χ4v) is 2.79. The van der Waals surface area contributed by atoms with Gasteiger partial charge in [0.1, 0.15) is 5.82 Å². The maximum absolute atomic E-state index is 13.6. The number of para-hydroxylation sites is 1. The molecular weight excluding hydrogens is 379 g/mol. The van der Waals surface area contributed by atoms with E-state index in [9.17, 15) is 23.6 Å². The van der Waals surface area contributed by atoms with Gasteiger partial charge < -0.3 is 10.1 Å². The van der Waals surface area contributed by atoms with Crippen molar-refractivity contribution in [3.63, 3.8) is 0 Å². The van der Waals surface area contributed by atoms with Crippen LogP contribution in [0.5, 0.6) is 0 Å². The predicted octanol–water partition coefficient (Wildman–Crippen LogP) is 2.79. The minimum atomic E-state index is -1.22. The highest BCUT2D eigenvalue weighted by Gasteiger charge is 2.35. The van der Waals surface area contributed by atoms with Crippen molar-refractivity contribution in [2.45, 2.75) is 13.0 Å². The van der Waals surface area contributed by atoms with Gasteiger partial charge in [0.05, 0.1) is 22.4 Å². The number of hydrogen-bond acceptors (Lipinski definition) is 5. The molecule has 0 fully saturated rings. The maximum atomic E-state index is 13.6. The van der Waals surface area contributed by atoms with Crippen molar-refractivity contribution in [2.24, 2.45) is 0 Å². The lowest BCUT2D eigenvalue weighted by Crippen LogP contribution is -2.30. The number of benzene rings is 2. The summed E-state index contributed by atoms with van der Waals surface area (Å²) < 4.78 is 18.7. The van der Waals surface area contributed by atoms with Crippen LogP contribution in [0.1, 0.15) is 38.0 Å². The summed E-state index contributed by atoms with van der Waals surface area (Å²) in [6.07, 6.45) is 0.206. The number of nitrogens with one attached hydrogen (secondary N) is 1. The summed E-state index contributed by atoms with van der Waals surface area (Å²) in [6.45, 7) is 4.89. The third kappa shape index (κ3) is 3.91. The molecular formula is C21H17FN2O5. The SMILES string of the molecule is C=CCN1C(=O)c2ccc(C(=O)O[C@H](C)C(=O)Nc3ccccc3F)cc2C1=O. The molecule has 1 aliphatic rings. The fourth-order valence-electron chi connectivity index (χ4n) is 2.79. The topological polar surface area (TPSA) is 92.8 Å². The van der Waals surface area contributed by atoms with Crippen LogP contribution in [-0.2, 0) is 9.53 Å². The average Bonchev–Trinajstić information content (AvgIpc) is 2.94. The standard InChI is InChI=1S/C21H17FN2O5/c1-3-10-24-19(26)14-9-8-13(11-15(14)20(24)27)21(28)29-12(2)18(25)23-17-7-5-4-6-16(17)22/h3-9,11-12H,1,10H2,2H3,(H,23,25)/t12-/m1/s1. The van der Waals surface area contributed by atoms with E-state index in [0.717, 1.165) is 4.90 Å². The molecule has 0 saturated carbocycles. The second-order valence-electron chi connectivity index (χ2n) is 6.29. The summed E-state index contributed by atoms with van der Waals surface area (Å²) in [6, 6.07) is 9.54. The van der Waals surface area contributed by atoms with Crippen LogP contribution in [0.25, 0.3) is 0 Å². The van der Waals surface area contributed by atoms with E-state index in [1.54, 1.807) is 6.07 Å². The van der Waals surface area contributed by atoms with Crippen LogP contribution in [0.4, 0.5) is 10.1 Å². The first kappa shape index (κ1) is 19.9. The molecule has 3 amide bonds. The average molecular weight is 396 g/mol. The van der Waals surface area contributed by atoms with E-state index < -0.39 is 35.6 Å². The Labute approximate surface area is 165 Å². The van der Waals surface area contributed by atoms with Gasteiger partial charge in [0.2, 0.25) is 0 Å². The molecule has 0 aliphatic carbocycles. The highest BCUT2D eigenvalue weighted by atomic mass is 19.1. The molecule has 1 atom stereocenters. The van der Waals surface area contributed by atoms with Crippen LogP contribution in [0.15, 0.2) is 55.1 Å². The van der Waals surface area contributed by atoms with Gasteiger partial charge in [-0.05, 0) is 37.3 Å². The number of carbonyl (C=O) groups is 4. The van der Waals surface area contributed by atoms with Crippen LogP contribution in [0.3, 0.4) is 0 Å². The van der Waals surface area contributed by atoms with Gasteiger partial charge in [0, 0.05) is 6.54 Å². The summed E-state index contributed by atoms with van der Waals surface area (Å²) in [5.41, 5.74) is 0.230. The summed E-state index contributed by atoms with van der Waals surface area (Å²) in [5.74, 6) is -3.20. The molecule has 0 saturated heterocycles. The minimum Gasteiger partial charge on any atom is -0.449 e. The Kier molecular flexibility index (Phi) is 5.54. The van der Waals surface area contributed by atoms with Crippen LogP contribution >= 0.6 is 0 Å². The summed E-state index contributed by atoms with van der Waals surface area (Å²) in [7, 11) is 0. The van der Waals surface area contributed by atoms with Gasteiger partial charge in [-0.2, -0.15) is 0 Å². The zero-order valence-electron chi connectivity index (χ0n) is 15.5. The molecule has 1 heterocycles. The number of ether oxygens (including phenoxy) is 1. The van der Waals surface area contributed by atoms with Crippen LogP contribution < -0.4 is 5.32 Å². The molecule has 0 unspecified atom stereocenters. The third-order valence-corrected chi connectivity index (χ3v) is 4.30. The summed E-state index contributed by atoms with van der Waals surface area (Å²) in [4.78, 5) is 50.1. The molecule has 0 aromatic heterocycles. The van der Waals surface area contributed by atoms with Gasteiger partial charge in [-0.15, -0.1) is 6.58 Å². The lowest BCUT2D eigenvalue weighted by Gasteiger charge is -2.14. The van der Waals surface area contributed by atoms with Gasteiger partial charge in [0.15, 0.2) is 6.10 Å². The molecule has 1 aliphatic heterocycles. The number of amides is 3. The number of anilines is 1. The zero-order chi connectivity index (χ0) is 21.1. The second-order valence-corrected chi connectivity index (χ2v) is 6.29. The molecule has 29 heavy (non-hydrogen) atoms. The molecule has 8 heteroatoms. The number of imide groups is 1. The summed E-state index contributed by atoms with van der Waals surface area (Å²) in [5, 5.41) is 2.34. The van der Waals surface area contributed by atoms with Crippen molar-refractivity contribution in [1.82, 2.24) is 4.90 Å². The van der Waals surface area contributed by atoms with Crippen LogP contribution in [0, 0.1) is 5.82 Å². The number of hydrogen-bond donors (Lipinski definition) is 1. The smallest absolute Gasteiger partial charge is 0.338 e. The van der Waals surface area contributed by atoms with Crippen molar-refractivity contribution in [2.75, 3.05) is 11.9 Å². The van der Waals surface area contributed by atoms with E-state index in [1.165, 1.54) is 49.4 Å². The van der Waals surface area contributed by atoms with Crippen molar-refractivity contribution in [3.8, 4) is 0 Å².